The third-order valence-electron chi connectivity index (χ3n) is 5.39. The van der Waals surface area contributed by atoms with Crippen molar-refractivity contribution in [3.05, 3.63) is 65.2 Å². The lowest BCUT2D eigenvalue weighted by Crippen LogP contribution is -2.25. The fraction of sp³-hybridized carbons (Fsp3) is 0.348. The van der Waals surface area contributed by atoms with Crippen LogP contribution in [0.1, 0.15) is 29.5 Å². The Morgan fingerprint density at radius 3 is 2.83 bits per heavy atom. The predicted molar refractivity (Wildman–Crippen MR) is 113 cm³/mol. The molecule has 1 aromatic heterocycles. The molecule has 0 unspecified atom stereocenters. The smallest absolute Gasteiger partial charge is 0.275 e. The summed E-state index contributed by atoms with van der Waals surface area (Å²) >= 11 is 0. The number of pyridine rings is 1. The molecule has 4 rings (SSSR count). The summed E-state index contributed by atoms with van der Waals surface area (Å²) in [5.41, 5.74) is 3.60. The van der Waals surface area contributed by atoms with Gasteiger partial charge in [0.25, 0.3) is 5.92 Å². The lowest BCUT2D eigenvalue weighted by atomic mass is 10.0. The zero-order valence-electron chi connectivity index (χ0n) is 16.5. The molecule has 0 spiro atoms. The number of anilines is 2. The number of rotatable bonds is 5. The minimum Gasteiger partial charge on any atom is -0.396 e. The van der Waals surface area contributed by atoms with E-state index in [1.54, 1.807) is 18.2 Å². The molecule has 1 aliphatic heterocycles. The molecule has 0 atom stereocenters. The van der Waals surface area contributed by atoms with Gasteiger partial charge in [0.2, 0.25) is 0 Å². The summed E-state index contributed by atoms with van der Waals surface area (Å²) in [6, 6.07) is 14.7. The van der Waals surface area contributed by atoms with E-state index in [0.29, 0.717) is 30.9 Å². The van der Waals surface area contributed by atoms with Crippen LogP contribution >= 0.6 is 0 Å². The SMILES string of the molecule is Cc1ccc2nc(N3CCC(F)(F)c4ccccc4C3)cc(NCCCO)c2c1. The van der Waals surface area contributed by atoms with Crippen molar-refractivity contribution >= 4 is 22.4 Å². The maximum Gasteiger partial charge on any atom is 0.275 e. The quantitative estimate of drug-likeness (QED) is 0.605. The van der Waals surface area contributed by atoms with Crippen LogP contribution in [0.4, 0.5) is 20.3 Å². The summed E-state index contributed by atoms with van der Waals surface area (Å²) in [6.45, 7) is 3.39. The van der Waals surface area contributed by atoms with E-state index in [9.17, 15) is 8.78 Å². The highest BCUT2D eigenvalue weighted by molar-refractivity contribution is 5.93. The van der Waals surface area contributed by atoms with Gasteiger partial charge in [0.1, 0.15) is 5.82 Å². The van der Waals surface area contributed by atoms with Crippen LogP contribution in [0.3, 0.4) is 0 Å². The van der Waals surface area contributed by atoms with Crippen LogP contribution in [-0.2, 0) is 12.5 Å². The molecule has 29 heavy (non-hydrogen) atoms. The number of halogens is 2. The van der Waals surface area contributed by atoms with E-state index < -0.39 is 5.92 Å². The van der Waals surface area contributed by atoms with Gasteiger partial charge < -0.3 is 15.3 Å². The highest BCUT2D eigenvalue weighted by Crippen LogP contribution is 2.39. The third kappa shape index (κ3) is 4.03. The molecule has 3 aromatic rings. The largest absolute Gasteiger partial charge is 0.396 e. The standard InChI is InChI=1S/C23H25F2N3O/c1-16-7-8-20-18(13-16)21(26-10-4-12-29)14-22(27-20)28-11-9-23(24,25)19-6-3-2-5-17(19)15-28/h2-3,5-8,13-14,29H,4,9-12,15H2,1H3,(H,26,27). The Morgan fingerprint density at radius 2 is 2.00 bits per heavy atom. The summed E-state index contributed by atoms with van der Waals surface area (Å²) in [5, 5.41) is 13.5. The first-order valence-electron chi connectivity index (χ1n) is 9.95. The molecule has 0 bridgehead atoms. The van der Waals surface area contributed by atoms with Crippen LogP contribution in [0.25, 0.3) is 10.9 Å². The molecule has 0 saturated carbocycles. The fourth-order valence-electron chi connectivity index (χ4n) is 3.84. The minimum absolute atomic E-state index is 0.111. The predicted octanol–water partition coefficient (Wildman–Crippen LogP) is 4.84. The Bertz CT molecular complexity index is 1020. The van der Waals surface area contributed by atoms with Crippen molar-refractivity contribution in [2.75, 3.05) is 29.9 Å². The monoisotopic (exact) mass is 397 g/mol. The first-order valence-corrected chi connectivity index (χ1v) is 9.95. The molecule has 2 aromatic carbocycles. The first-order chi connectivity index (χ1) is 14.0. The summed E-state index contributed by atoms with van der Waals surface area (Å²) in [6.07, 6.45) is 0.388. The van der Waals surface area contributed by atoms with Crippen molar-refractivity contribution in [1.29, 1.82) is 0 Å². The molecule has 0 aliphatic carbocycles. The second kappa shape index (κ2) is 7.95. The van der Waals surface area contributed by atoms with Crippen LogP contribution in [0.2, 0.25) is 0 Å². The van der Waals surface area contributed by atoms with E-state index in [0.717, 1.165) is 22.2 Å². The van der Waals surface area contributed by atoms with Gasteiger partial charge in [0.05, 0.1) is 5.52 Å². The van der Waals surface area contributed by atoms with Crippen LogP contribution in [0.5, 0.6) is 0 Å². The van der Waals surface area contributed by atoms with Crippen LogP contribution in [0.15, 0.2) is 48.5 Å². The highest BCUT2D eigenvalue weighted by Gasteiger charge is 2.37. The average Bonchev–Trinajstić information content (AvgIpc) is 2.84. The molecule has 1 aliphatic rings. The lowest BCUT2D eigenvalue weighted by Gasteiger charge is -2.24. The van der Waals surface area contributed by atoms with Crippen molar-refractivity contribution < 1.29 is 13.9 Å². The summed E-state index contributed by atoms with van der Waals surface area (Å²) < 4.78 is 29.3. The molecule has 4 nitrogen and oxygen atoms in total. The molecule has 0 saturated heterocycles. The van der Waals surface area contributed by atoms with Gasteiger partial charge in [0.15, 0.2) is 0 Å². The molecule has 152 valence electrons. The maximum absolute atomic E-state index is 14.6. The Labute approximate surface area is 169 Å². The van der Waals surface area contributed by atoms with Gasteiger partial charge in [-0.2, -0.15) is 0 Å². The Kier molecular flexibility index (Phi) is 5.37. The number of hydrogen-bond donors (Lipinski definition) is 2. The topological polar surface area (TPSA) is 48.4 Å². The van der Waals surface area contributed by atoms with Gasteiger partial charge in [-0.1, -0.05) is 35.9 Å². The van der Waals surface area contributed by atoms with Gasteiger partial charge in [-0.25, -0.2) is 13.8 Å². The fourth-order valence-corrected chi connectivity index (χ4v) is 3.84. The molecule has 0 amide bonds. The van der Waals surface area contributed by atoms with E-state index in [1.807, 2.05) is 30.0 Å². The van der Waals surface area contributed by atoms with Gasteiger partial charge in [-0.05, 0) is 31.0 Å². The van der Waals surface area contributed by atoms with E-state index in [-0.39, 0.29) is 25.1 Å². The van der Waals surface area contributed by atoms with Gasteiger partial charge >= 0.3 is 0 Å². The lowest BCUT2D eigenvalue weighted by molar-refractivity contribution is -0.00967. The second-order valence-corrected chi connectivity index (χ2v) is 7.59. The number of aryl methyl sites for hydroxylation is 1. The number of benzene rings is 2. The normalized spacial score (nSPS) is 15.8. The number of hydrogen-bond acceptors (Lipinski definition) is 4. The van der Waals surface area contributed by atoms with Crippen molar-refractivity contribution in [1.82, 2.24) is 4.98 Å². The number of nitrogens with one attached hydrogen (secondary N) is 1. The van der Waals surface area contributed by atoms with Crippen molar-refractivity contribution in [3.8, 4) is 0 Å². The molecule has 0 radical (unpaired) electrons. The summed E-state index contributed by atoms with van der Waals surface area (Å²) in [5.74, 6) is -2.16. The number of nitrogens with zero attached hydrogens (tertiary/aromatic N) is 2. The number of aliphatic hydroxyl groups is 1. The molecular formula is C23H25F2N3O. The number of fused-ring (bicyclic) bond motifs is 2. The molecule has 2 heterocycles. The Morgan fingerprint density at radius 1 is 1.17 bits per heavy atom. The van der Waals surface area contributed by atoms with Gasteiger partial charge in [-0.3, -0.25) is 0 Å². The van der Waals surface area contributed by atoms with Crippen LogP contribution in [0, 0.1) is 6.92 Å². The third-order valence-corrected chi connectivity index (χ3v) is 5.39. The van der Waals surface area contributed by atoms with Crippen molar-refractivity contribution in [2.45, 2.75) is 32.2 Å². The van der Waals surface area contributed by atoms with Crippen LogP contribution in [-0.4, -0.2) is 29.8 Å². The van der Waals surface area contributed by atoms with E-state index in [1.165, 1.54) is 6.07 Å². The van der Waals surface area contributed by atoms with Gasteiger partial charge in [-0.15, -0.1) is 0 Å². The van der Waals surface area contributed by atoms with Crippen LogP contribution < -0.4 is 10.2 Å². The zero-order chi connectivity index (χ0) is 20.4. The Balaban J connectivity index is 1.74. The molecule has 6 heteroatoms. The van der Waals surface area contributed by atoms with Crippen molar-refractivity contribution in [2.24, 2.45) is 0 Å². The first kappa shape index (κ1) is 19.6. The number of alkyl halides is 2. The van der Waals surface area contributed by atoms with E-state index in [2.05, 4.69) is 11.4 Å². The number of aromatic nitrogens is 1. The van der Waals surface area contributed by atoms with Gasteiger partial charge in [0, 0.05) is 55.4 Å². The second-order valence-electron chi connectivity index (χ2n) is 7.59. The number of aliphatic hydroxyl groups excluding tert-OH is 1. The van der Waals surface area contributed by atoms with E-state index >= 15 is 0 Å². The Hall–Kier alpha value is -2.73. The minimum atomic E-state index is -2.85. The molecular weight excluding hydrogens is 372 g/mol. The molecule has 0 fully saturated rings. The van der Waals surface area contributed by atoms with Crippen molar-refractivity contribution in [3.63, 3.8) is 0 Å². The zero-order valence-corrected chi connectivity index (χ0v) is 16.5. The highest BCUT2D eigenvalue weighted by atomic mass is 19.3. The summed E-state index contributed by atoms with van der Waals surface area (Å²) in [4.78, 5) is 6.71. The van der Waals surface area contributed by atoms with E-state index in [4.69, 9.17) is 10.1 Å². The maximum atomic E-state index is 14.6. The summed E-state index contributed by atoms with van der Waals surface area (Å²) in [7, 11) is 0. The average molecular weight is 397 g/mol. The molecule has 2 N–H and O–H groups in total.